The predicted octanol–water partition coefficient (Wildman–Crippen LogP) is 3.14. The number of furan rings is 1. The predicted molar refractivity (Wildman–Crippen MR) is 88.7 cm³/mol. The molecule has 2 saturated heterocycles. The molecule has 2 bridgehead atoms. The lowest BCUT2D eigenvalue weighted by molar-refractivity contribution is 0.179. The van der Waals surface area contributed by atoms with E-state index in [4.69, 9.17) is 4.42 Å². The Hall–Kier alpha value is -2.09. The molecule has 4 rings (SSSR count). The first-order chi connectivity index (χ1) is 11.3. The molecule has 0 saturated carbocycles. The molecule has 0 unspecified atom stereocenters. The Morgan fingerprint density at radius 2 is 2.00 bits per heavy atom. The summed E-state index contributed by atoms with van der Waals surface area (Å²) in [5.41, 5.74) is 1.54. The van der Waals surface area contributed by atoms with Crippen LogP contribution in [0.3, 0.4) is 0 Å². The van der Waals surface area contributed by atoms with Gasteiger partial charge in [0.25, 0.3) is 0 Å². The van der Waals surface area contributed by atoms with E-state index in [1.165, 1.54) is 19.3 Å². The molecule has 1 aromatic carbocycles. The van der Waals surface area contributed by atoms with Crippen molar-refractivity contribution in [2.75, 3.05) is 13.1 Å². The molecule has 0 radical (unpaired) electrons. The maximum Gasteiger partial charge on any atom is 0.135 e. The summed E-state index contributed by atoms with van der Waals surface area (Å²) in [7, 11) is 0. The summed E-state index contributed by atoms with van der Waals surface area (Å²) >= 11 is 0. The van der Waals surface area contributed by atoms with Gasteiger partial charge in [-0.05, 0) is 50.1 Å². The highest BCUT2D eigenvalue weighted by molar-refractivity contribution is 5.66. The SMILES string of the molecule is N#Cc1ccccc1-c1ccc(CN2[C@H]3CCNC[C@@H]2CC3)o1. The molecule has 2 atom stereocenters. The van der Waals surface area contributed by atoms with Gasteiger partial charge in [0.05, 0.1) is 18.2 Å². The number of benzene rings is 1. The van der Waals surface area contributed by atoms with Crippen molar-refractivity contribution in [3.05, 3.63) is 47.7 Å². The summed E-state index contributed by atoms with van der Waals surface area (Å²) in [6.07, 6.45) is 3.81. The van der Waals surface area contributed by atoms with E-state index in [-0.39, 0.29) is 0 Å². The van der Waals surface area contributed by atoms with E-state index in [0.717, 1.165) is 36.7 Å². The third kappa shape index (κ3) is 2.78. The van der Waals surface area contributed by atoms with Gasteiger partial charge in [0.1, 0.15) is 11.5 Å². The van der Waals surface area contributed by atoms with Crippen LogP contribution in [0.15, 0.2) is 40.8 Å². The molecular formula is C19H21N3O. The summed E-state index contributed by atoms with van der Waals surface area (Å²) in [6.45, 7) is 3.07. The van der Waals surface area contributed by atoms with Gasteiger partial charge in [0.2, 0.25) is 0 Å². The second kappa shape index (κ2) is 6.19. The van der Waals surface area contributed by atoms with Crippen LogP contribution in [-0.2, 0) is 6.54 Å². The number of nitrogens with one attached hydrogen (secondary N) is 1. The van der Waals surface area contributed by atoms with Crippen molar-refractivity contribution >= 4 is 0 Å². The van der Waals surface area contributed by atoms with Gasteiger partial charge in [-0.1, -0.05) is 12.1 Å². The van der Waals surface area contributed by atoms with E-state index < -0.39 is 0 Å². The lowest BCUT2D eigenvalue weighted by Crippen LogP contribution is -2.37. The number of nitrogens with zero attached hydrogens (tertiary/aromatic N) is 2. The largest absolute Gasteiger partial charge is 0.460 e. The molecule has 2 aliphatic rings. The molecule has 0 amide bonds. The molecule has 1 N–H and O–H groups in total. The summed E-state index contributed by atoms with van der Waals surface area (Å²) in [4.78, 5) is 2.60. The molecular weight excluding hydrogens is 286 g/mol. The van der Waals surface area contributed by atoms with Crippen LogP contribution in [0.4, 0.5) is 0 Å². The van der Waals surface area contributed by atoms with Crippen LogP contribution >= 0.6 is 0 Å². The van der Waals surface area contributed by atoms with Gasteiger partial charge in [-0.15, -0.1) is 0 Å². The van der Waals surface area contributed by atoms with Crippen LogP contribution in [0.5, 0.6) is 0 Å². The Morgan fingerprint density at radius 3 is 2.91 bits per heavy atom. The van der Waals surface area contributed by atoms with E-state index >= 15 is 0 Å². The zero-order valence-corrected chi connectivity index (χ0v) is 13.2. The first-order valence-corrected chi connectivity index (χ1v) is 8.40. The van der Waals surface area contributed by atoms with E-state index in [1.807, 2.05) is 30.3 Å². The van der Waals surface area contributed by atoms with Crippen molar-refractivity contribution in [1.82, 2.24) is 10.2 Å². The quantitative estimate of drug-likeness (QED) is 0.946. The van der Waals surface area contributed by atoms with Crippen molar-refractivity contribution in [2.24, 2.45) is 0 Å². The van der Waals surface area contributed by atoms with Gasteiger partial charge in [0, 0.05) is 24.2 Å². The zero-order chi connectivity index (χ0) is 15.6. The van der Waals surface area contributed by atoms with Gasteiger partial charge in [-0.3, -0.25) is 4.90 Å². The molecule has 23 heavy (non-hydrogen) atoms. The summed E-state index contributed by atoms with van der Waals surface area (Å²) < 4.78 is 6.07. The molecule has 2 fully saturated rings. The topological polar surface area (TPSA) is 52.2 Å². The van der Waals surface area contributed by atoms with Crippen molar-refractivity contribution < 1.29 is 4.42 Å². The summed E-state index contributed by atoms with van der Waals surface area (Å²) in [5, 5.41) is 12.8. The molecule has 4 heteroatoms. The van der Waals surface area contributed by atoms with Crippen molar-refractivity contribution in [3.8, 4) is 17.4 Å². The van der Waals surface area contributed by atoms with E-state index in [2.05, 4.69) is 22.4 Å². The number of nitriles is 1. The Balaban J connectivity index is 1.56. The van der Waals surface area contributed by atoms with Crippen LogP contribution in [0.2, 0.25) is 0 Å². The highest BCUT2D eigenvalue weighted by atomic mass is 16.3. The summed E-state index contributed by atoms with van der Waals surface area (Å²) in [5.74, 6) is 1.78. The Kier molecular flexibility index (Phi) is 3.90. The smallest absolute Gasteiger partial charge is 0.135 e. The van der Waals surface area contributed by atoms with E-state index in [1.54, 1.807) is 0 Å². The van der Waals surface area contributed by atoms with Crippen LogP contribution in [0, 0.1) is 11.3 Å². The van der Waals surface area contributed by atoms with E-state index in [0.29, 0.717) is 17.6 Å². The fourth-order valence-electron chi connectivity index (χ4n) is 3.92. The molecule has 3 heterocycles. The fraction of sp³-hybridized carbons (Fsp3) is 0.421. The first-order valence-electron chi connectivity index (χ1n) is 8.40. The number of hydrogen-bond acceptors (Lipinski definition) is 4. The van der Waals surface area contributed by atoms with Gasteiger partial charge >= 0.3 is 0 Å². The lowest BCUT2D eigenvalue weighted by atomic mass is 10.1. The van der Waals surface area contributed by atoms with Crippen molar-refractivity contribution in [1.29, 1.82) is 5.26 Å². The maximum atomic E-state index is 9.25. The minimum Gasteiger partial charge on any atom is -0.460 e. The Morgan fingerprint density at radius 1 is 1.13 bits per heavy atom. The van der Waals surface area contributed by atoms with Gasteiger partial charge in [0.15, 0.2) is 0 Å². The minimum absolute atomic E-state index is 0.627. The van der Waals surface area contributed by atoms with Crippen molar-refractivity contribution in [2.45, 2.75) is 37.9 Å². The minimum atomic E-state index is 0.627. The third-order valence-corrected chi connectivity index (χ3v) is 5.12. The molecule has 2 aliphatic heterocycles. The molecule has 2 aromatic rings. The highest BCUT2D eigenvalue weighted by Crippen LogP contribution is 2.31. The molecule has 118 valence electrons. The van der Waals surface area contributed by atoms with Gasteiger partial charge < -0.3 is 9.73 Å². The first kappa shape index (κ1) is 14.5. The van der Waals surface area contributed by atoms with Crippen LogP contribution in [0.1, 0.15) is 30.6 Å². The fourth-order valence-corrected chi connectivity index (χ4v) is 3.92. The maximum absolute atomic E-state index is 9.25. The Labute approximate surface area is 136 Å². The zero-order valence-electron chi connectivity index (χ0n) is 13.2. The Bertz CT molecular complexity index is 716. The second-order valence-electron chi connectivity index (χ2n) is 6.47. The summed E-state index contributed by atoms with van der Waals surface area (Å²) in [6, 6.07) is 15.2. The molecule has 4 nitrogen and oxygen atoms in total. The molecule has 0 spiro atoms. The van der Waals surface area contributed by atoms with Crippen LogP contribution < -0.4 is 5.32 Å². The number of fused-ring (bicyclic) bond motifs is 2. The molecule has 0 aliphatic carbocycles. The lowest BCUT2D eigenvalue weighted by Gasteiger charge is -2.26. The second-order valence-corrected chi connectivity index (χ2v) is 6.47. The van der Waals surface area contributed by atoms with Gasteiger partial charge in [-0.2, -0.15) is 5.26 Å². The van der Waals surface area contributed by atoms with Crippen LogP contribution in [0.25, 0.3) is 11.3 Å². The third-order valence-electron chi connectivity index (χ3n) is 5.12. The van der Waals surface area contributed by atoms with Crippen molar-refractivity contribution in [3.63, 3.8) is 0 Å². The van der Waals surface area contributed by atoms with Crippen LogP contribution in [-0.4, -0.2) is 30.1 Å². The average Bonchev–Trinajstić information content (AvgIpc) is 3.12. The highest BCUT2D eigenvalue weighted by Gasteiger charge is 2.35. The molecule has 1 aromatic heterocycles. The monoisotopic (exact) mass is 307 g/mol. The van der Waals surface area contributed by atoms with Gasteiger partial charge in [-0.25, -0.2) is 0 Å². The average molecular weight is 307 g/mol. The van der Waals surface area contributed by atoms with E-state index in [9.17, 15) is 5.26 Å². The normalized spacial score (nSPS) is 24.3. The number of rotatable bonds is 3. The number of hydrogen-bond donors (Lipinski definition) is 1. The standard InChI is InChI=1S/C19H21N3O/c20-11-14-3-1-2-4-18(14)19-8-7-17(23-19)13-22-15-5-6-16(22)12-21-10-9-15/h1-4,7-8,15-16,21H,5-6,9-10,12-13H2/t15-,16+/m1/s1.